The van der Waals surface area contributed by atoms with E-state index in [4.69, 9.17) is 14.2 Å². The predicted octanol–water partition coefficient (Wildman–Crippen LogP) is 1.27. The fourth-order valence-electron chi connectivity index (χ4n) is 4.95. The number of dihydropyridines is 1. The van der Waals surface area contributed by atoms with E-state index in [0.717, 1.165) is 0 Å². The van der Waals surface area contributed by atoms with Crippen molar-refractivity contribution in [1.82, 2.24) is 25.4 Å². The summed E-state index contributed by atoms with van der Waals surface area (Å²) in [6, 6.07) is 1.49. The number of aliphatic hydroxyl groups excluding tert-OH is 1. The molecule has 5 rings (SSSR count). The number of pyridine rings is 1. The Hall–Kier alpha value is -3.56. The molecule has 4 N–H and O–H groups in total. The molecular weight excluding hydrogens is 537 g/mol. The van der Waals surface area contributed by atoms with Crippen molar-refractivity contribution >= 4 is 17.8 Å². The number of nitrogens with one attached hydrogen (secondary N) is 3. The lowest BCUT2D eigenvalue weighted by atomic mass is 10.1. The highest BCUT2D eigenvalue weighted by Crippen LogP contribution is 2.34. The van der Waals surface area contributed by atoms with Gasteiger partial charge >= 0.3 is 12.2 Å². The Labute approximate surface area is 228 Å². The molecule has 5 heterocycles. The van der Waals surface area contributed by atoms with Gasteiger partial charge in [0.05, 0.1) is 24.9 Å². The first-order valence-electron chi connectivity index (χ1n) is 12.9. The van der Waals surface area contributed by atoms with Crippen molar-refractivity contribution in [3.63, 3.8) is 0 Å². The van der Waals surface area contributed by atoms with Gasteiger partial charge in [0.2, 0.25) is 5.91 Å². The van der Waals surface area contributed by atoms with Crippen LogP contribution in [0, 0.1) is 0 Å². The van der Waals surface area contributed by atoms with Gasteiger partial charge in [0.25, 0.3) is 0 Å². The normalized spacial score (nSPS) is 25.8. The van der Waals surface area contributed by atoms with Crippen LogP contribution in [0.5, 0.6) is 5.75 Å². The average Bonchev–Trinajstić information content (AvgIpc) is 3.48. The van der Waals surface area contributed by atoms with Crippen molar-refractivity contribution in [3.8, 4) is 5.75 Å². The molecule has 0 aromatic carbocycles. The zero-order valence-electron chi connectivity index (χ0n) is 21.9. The van der Waals surface area contributed by atoms with E-state index in [1.807, 2.05) is 13.8 Å². The van der Waals surface area contributed by atoms with Gasteiger partial charge < -0.3 is 34.9 Å². The monoisotopic (exact) mass is 568 g/mol. The summed E-state index contributed by atoms with van der Waals surface area (Å²) in [6.45, 7) is 4.59. The molecule has 1 aromatic rings. The summed E-state index contributed by atoms with van der Waals surface area (Å²) in [4.78, 5) is 33.9. The number of allylic oxidation sites excluding steroid dienone is 1. The number of amides is 3. The zero-order chi connectivity index (χ0) is 28.7. The number of nitrogens with zero attached hydrogens (tertiary/aromatic N) is 3. The summed E-state index contributed by atoms with van der Waals surface area (Å²) in [7, 11) is 0. The quantitative estimate of drug-likeness (QED) is 0.383. The Balaban J connectivity index is 1.24. The van der Waals surface area contributed by atoms with Gasteiger partial charge in [-0.05, 0) is 32.4 Å². The molecule has 4 aliphatic rings. The van der Waals surface area contributed by atoms with Crippen LogP contribution in [0.4, 0.5) is 23.8 Å². The molecule has 0 spiro atoms. The van der Waals surface area contributed by atoms with Crippen molar-refractivity contribution in [2.75, 3.05) is 38.2 Å². The lowest BCUT2D eigenvalue weighted by Gasteiger charge is -2.40. The Bertz CT molecular complexity index is 1210. The van der Waals surface area contributed by atoms with Crippen LogP contribution < -0.4 is 20.7 Å². The van der Waals surface area contributed by atoms with Crippen LogP contribution in [0.15, 0.2) is 42.0 Å². The number of carbonyl (C=O) groups is 2. The first-order chi connectivity index (χ1) is 18.9. The number of ether oxygens (including phenoxy) is 3. The van der Waals surface area contributed by atoms with Gasteiger partial charge in [-0.3, -0.25) is 15.0 Å². The van der Waals surface area contributed by atoms with E-state index in [9.17, 15) is 27.9 Å². The average molecular weight is 569 g/mol. The fraction of sp³-hybridized carbons (Fsp3) is 0.560. The molecule has 0 saturated carbocycles. The third-order valence-corrected chi connectivity index (χ3v) is 6.91. The van der Waals surface area contributed by atoms with Crippen molar-refractivity contribution < 1.29 is 42.1 Å². The van der Waals surface area contributed by atoms with Crippen molar-refractivity contribution in [1.29, 1.82) is 0 Å². The number of rotatable bonds is 7. The number of fused-ring (bicyclic) bond motifs is 3. The van der Waals surface area contributed by atoms with Gasteiger partial charge in [0.1, 0.15) is 36.1 Å². The second-order valence-corrected chi connectivity index (χ2v) is 10.3. The number of carbonyl (C=O) groups excluding carboxylic acids is 2. The molecule has 1 aromatic heterocycles. The Morgan fingerprint density at radius 2 is 2.17 bits per heavy atom. The summed E-state index contributed by atoms with van der Waals surface area (Å²) in [5, 5.41) is 17.0. The van der Waals surface area contributed by atoms with E-state index >= 15 is 0 Å². The third-order valence-electron chi connectivity index (χ3n) is 6.91. The van der Waals surface area contributed by atoms with Gasteiger partial charge in [0.15, 0.2) is 11.9 Å². The van der Waals surface area contributed by atoms with Crippen molar-refractivity contribution in [2.24, 2.45) is 0 Å². The van der Waals surface area contributed by atoms with E-state index in [-0.39, 0.29) is 24.6 Å². The first-order valence-corrected chi connectivity index (χ1v) is 12.9. The highest BCUT2D eigenvalue weighted by Gasteiger charge is 2.43. The zero-order valence-corrected chi connectivity index (χ0v) is 21.9. The maximum atomic E-state index is 13.5. The molecule has 2 fully saturated rings. The minimum Gasteiger partial charge on any atom is -0.491 e. The Morgan fingerprint density at radius 3 is 2.90 bits per heavy atom. The SMILES string of the molecule is CC1(C)OC[C@H](COc2ccnc(NC(=O)N3C4=C(C=CC(C(=O)NC[C@H](O)C(F)(F)F)N4)N4CC[C@H]3C4)c2)O1. The molecule has 2 saturated heterocycles. The summed E-state index contributed by atoms with van der Waals surface area (Å²) in [6.07, 6.45) is -2.42. The minimum atomic E-state index is -4.85. The molecule has 0 aliphatic carbocycles. The maximum absolute atomic E-state index is 13.5. The number of aliphatic hydroxyl groups is 1. The Morgan fingerprint density at radius 1 is 1.38 bits per heavy atom. The molecule has 2 bridgehead atoms. The van der Waals surface area contributed by atoms with Crippen LogP contribution in [0.2, 0.25) is 0 Å². The second kappa shape index (κ2) is 10.8. The number of alkyl halides is 3. The van der Waals surface area contributed by atoms with Gasteiger partial charge in [-0.1, -0.05) is 6.08 Å². The molecule has 12 nitrogen and oxygen atoms in total. The van der Waals surface area contributed by atoms with Gasteiger partial charge in [-0.15, -0.1) is 0 Å². The minimum absolute atomic E-state index is 0.198. The van der Waals surface area contributed by atoms with Crippen LogP contribution in [-0.2, 0) is 14.3 Å². The maximum Gasteiger partial charge on any atom is 0.416 e. The number of halogens is 3. The topological polar surface area (TPSA) is 138 Å². The van der Waals surface area contributed by atoms with Crippen molar-refractivity contribution in [2.45, 2.75) is 56.5 Å². The van der Waals surface area contributed by atoms with Crippen molar-refractivity contribution in [3.05, 3.63) is 42.0 Å². The van der Waals surface area contributed by atoms with E-state index in [1.54, 1.807) is 18.2 Å². The van der Waals surface area contributed by atoms with Gasteiger partial charge in [0, 0.05) is 25.4 Å². The van der Waals surface area contributed by atoms with E-state index in [2.05, 4.69) is 25.8 Å². The summed E-state index contributed by atoms with van der Waals surface area (Å²) < 4.78 is 54.9. The molecule has 1 unspecified atom stereocenters. The molecule has 40 heavy (non-hydrogen) atoms. The third kappa shape index (κ3) is 6.10. The second-order valence-electron chi connectivity index (χ2n) is 10.3. The number of aromatic nitrogens is 1. The van der Waals surface area contributed by atoms with Crippen LogP contribution in [0.1, 0.15) is 20.3 Å². The fourth-order valence-corrected chi connectivity index (χ4v) is 4.95. The lowest BCUT2D eigenvalue weighted by molar-refractivity contribution is -0.201. The summed E-state index contributed by atoms with van der Waals surface area (Å²) in [5.74, 6) is -0.365. The van der Waals surface area contributed by atoms with Gasteiger partial charge in [-0.2, -0.15) is 13.2 Å². The number of hydrogen-bond donors (Lipinski definition) is 4. The smallest absolute Gasteiger partial charge is 0.416 e. The largest absolute Gasteiger partial charge is 0.491 e. The predicted molar refractivity (Wildman–Crippen MR) is 134 cm³/mol. The van der Waals surface area contributed by atoms with E-state index in [0.29, 0.717) is 43.4 Å². The number of hydrogen-bond acceptors (Lipinski definition) is 9. The highest BCUT2D eigenvalue weighted by atomic mass is 19.4. The molecule has 218 valence electrons. The van der Waals surface area contributed by atoms with Crippen LogP contribution in [0.3, 0.4) is 0 Å². The van der Waals surface area contributed by atoms with Crippen LogP contribution in [-0.4, -0.2) is 101 Å². The molecule has 3 amide bonds. The molecule has 4 atom stereocenters. The van der Waals surface area contributed by atoms with E-state index in [1.165, 1.54) is 17.2 Å². The summed E-state index contributed by atoms with van der Waals surface area (Å²) >= 11 is 0. The molecular formula is C25H31F3N6O6. The Kier molecular flexibility index (Phi) is 7.54. The molecule has 0 radical (unpaired) electrons. The first kappa shape index (κ1) is 28.0. The molecule has 15 heteroatoms. The molecule has 4 aliphatic heterocycles. The van der Waals surface area contributed by atoms with E-state index < -0.39 is 42.6 Å². The number of anilines is 1. The highest BCUT2D eigenvalue weighted by molar-refractivity contribution is 5.91. The standard InChI is InChI=1S/C25H31F3N6O6/c1-24(2)39-13-16(40-24)12-38-15-5-7-29-20(9-15)32-23(37)34-14-6-8-33(11-14)18-4-3-17(31-21(18)34)22(36)30-10-19(35)25(26,27)28/h3-5,7,9,14,16-17,19,31,35H,6,8,10-13H2,1-2H3,(H,30,36)(H,29,32,37)/t14-,16-,17?,19-/m0/s1. The van der Waals surface area contributed by atoms with Crippen LogP contribution in [0.25, 0.3) is 0 Å². The summed E-state index contributed by atoms with van der Waals surface area (Å²) in [5.41, 5.74) is 0.690. The van der Waals surface area contributed by atoms with Crippen LogP contribution >= 0.6 is 0 Å². The van der Waals surface area contributed by atoms with Gasteiger partial charge in [-0.25, -0.2) is 9.78 Å². The number of urea groups is 1. The lowest BCUT2D eigenvalue weighted by Crippen LogP contribution is -2.56.